The van der Waals surface area contributed by atoms with E-state index in [0.29, 0.717) is 5.92 Å². The number of allylic oxidation sites excluding steroid dienone is 2. The van der Waals surface area contributed by atoms with Crippen LogP contribution >= 0.6 is 0 Å². The normalized spacial score (nSPS) is 32.3. The van der Waals surface area contributed by atoms with E-state index in [1.807, 2.05) is 12.1 Å². The third-order valence-electron chi connectivity index (χ3n) is 6.24. The Morgan fingerprint density at radius 1 is 0.826 bits per heavy atom. The molecule has 0 unspecified atom stereocenters. The Bertz CT molecular complexity index is 485. The van der Waals surface area contributed by atoms with Crippen molar-refractivity contribution < 1.29 is 4.39 Å². The summed E-state index contributed by atoms with van der Waals surface area (Å²) >= 11 is 0. The summed E-state index contributed by atoms with van der Waals surface area (Å²) in [7, 11) is 0. The van der Waals surface area contributed by atoms with E-state index < -0.39 is 0 Å². The average Bonchev–Trinajstić information content (AvgIpc) is 2.61. The molecule has 2 fully saturated rings. The summed E-state index contributed by atoms with van der Waals surface area (Å²) in [6.45, 7) is 2.33. The van der Waals surface area contributed by atoms with Crippen LogP contribution in [0.15, 0.2) is 36.4 Å². The van der Waals surface area contributed by atoms with E-state index in [-0.39, 0.29) is 5.82 Å². The second-order valence-corrected chi connectivity index (χ2v) is 7.74. The van der Waals surface area contributed by atoms with Crippen LogP contribution in [-0.4, -0.2) is 0 Å². The minimum absolute atomic E-state index is 0.122. The molecule has 1 aromatic carbocycles. The Morgan fingerprint density at radius 3 is 1.87 bits per heavy atom. The molecule has 126 valence electrons. The van der Waals surface area contributed by atoms with Gasteiger partial charge in [0.05, 0.1) is 0 Å². The molecule has 0 saturated heterocycles. The van der Waals surface area contributed by atoms with Gasteiger partial charge < -0.3 is 0 Å². The van der Waals surface area contributed by atoms with E-state index in [0.717, 1.165) is 17.8 Å². The zero-order valence-electron chi connectivity index (χ0n) is 14.5. The van der Waals surface area contributed by atoms with Crippen LogP contribution < -0.4 is 0 Å². The van der Waals surface area contributed by atoms with Crippen LogP contribution in [-0.2, 0) is 0 Å². The number of hydrogen-bond acceptors (Lipinski definition) is 0. The molecule has 1 heteroatoms. The van der Waals surface area contributed by atoms with Gasteiger partial charge in [-0.05, 0) is 92.7 Å². The van der Waals surface area contributed by atoms with E-state index in [1.165, 1.54) is 63.4 Å². The van der Waals surface area contributed by atoms with Crippen molar-refractivity contribution in [3.8, 4) is 0 Å². The average molecular weight is 314 g/mol. The Kier molecular flexibility index (Phi) is 5.91. The van der Waals surface area contributed by atoms with Crippen LogP contribution in [0.4, 0.5) is 4.39 Å². The molecule has 1 aromatic rings. The largest absolute Gasteiger partial charge is 0.207 e. The predicted octanol–water partition coefficient (Wildman–Crippen LogP) is 6.87. The van der Waals surface area contributed by atoms with Crippen molar-refractivity contribution in [2.45, 2.75) is 70.6 Å². The van der Waals surface area contributed by atoms with Gasteiger partial charge in [-0.15, -0.1) is 0 Å². The van der Waals surface area contributed by atoms with Gasteiger partial charge in [-0.1, -0.05) is 37.6 Å². The minimum atomic E-state index is -0.122. The van der Waals surface area contributed by atoms with Crippen LogP contribution in [0.1, 0.15) is 76.2 Å². The predicted molar refractivity (Wildman–Crippen MR) is 96.0 cm³/mol. The summed E-state index contributed by atoms with van der Waals surface area (Å²) in [5, 5.41) is 0. The van der Waals surface area contributed by atoms with Crippen molar-refractivity contribution in [3.63, 3.8) is 0 Å². The quantitative estimate of drug-likeness (QED) is 0.532. The van der Waals surface area contributed by atoms with Crippen LogP contribution in [0.5, 0.6) is 0 Å². The highest BCUT2D eigenvalue weighted by Gasteiger charge is 2.22. The maximum atomic E-state index is 13.0. The molecule has 0 aromatic heterocycles. The fourth-order valence-corrected chi connectivity index (χ4v) is 4.48. The number of hydrogen-bond donors (Lipinski definition) is 0. The Morgan fingerprint density at radius 2 is 1.35 bits per heavy atom. The molecule has 0 heterocycles. The molecule has 23 heavy (non-hydrogen) atoms. The maximum Gasteiger partial charge on any atom is 0.123 e. The zero-order chi connectivity index (χ0) is 16.1. The van der Waals surface area contributed by atoms with Crippen LogP contribution in [0, 0.1) is 23.6 Å². The third kappa shape index (κ3) is 4.68. The minimum Gasteiger partial charge on any atom is -0.207 e. The van der Waals surface area contributed by atoms with Gasteiger partial charge in [-0.3, -0.25) is 0 Å². The van der Waals surface area contributed by atoms with Crippen LogP contribution in [0.3, 0.4) is 0 Å². The van der Waals surface area contributed by atoms with Gasteiger partial charge in [0.15, 0.2) is 0 Å². The summed E-state index contributed by atoms with van der Waals surface area (Å²) in [5.41, 5.74) is 1.33. The van der Waals surface area contributed by atoms with Crippen molar-refractivity contribution in [3.05, 3.63) is 47.8 Å². The van der Waals surface area contributed by atoms with E-state index in [4.69, 9.17) is 0 Å². The van der Waals surface area contributed by atoms with E-state index in [1.54, 1.807) is 12.1 Å². The molecule has 2 saturated carbocycles. The fourth-order valence-electron chi connectivity index (χ4n) is 4.48. The number of rotatable bonds is 4. The molecule has 2 aliphatic rings. The first-order valence-corrected chi connectivity index (χ1v) is 9.68. The monoisotopic (exact) mass is 314 g/mol. The van der Waals surface area contributed by atoms with Gasteiger partial charge in [0.1, 0.15) is 5.82 Å². The summed E-state index contributed by atoms with van der Waals surface area (Å²) in [6.07, 6.45) is 17.2. The van der Waals surface area contributed by atoms with Crippen LogP contribution in [0.2, 0.25) is 0 Å². The van der Waals surface area contributed by atoms with Crippen LogP contribution in [0.25, 0.3) is 0 Å². The molecule has 0 bridgehead atoms. The van der Waals surface area contributed by atoms with Gasteiger partial charge in [-0.25, -0.2) is 4.39 Å². The fraction of sp³-hybridized carbons (Fsp3) is 0.636. The molecule has 0 radical (unpaired) electrons. The molecular formula is C22H31F. The van der Waals surface area contributed by atoms with Crippen molar-refractivity contribution in [1.82, 2.24) is 0 Å². The Labute approximate surface area is 141 Å². The first-order valence-electron chi connectivity index (χ1n) is 9.68. The molecule has 0 aliphatic heterocycles. The Hall–Kier alpha value is -1.11. The number of benzene rings is 1. The summed E-state index contributed by atoms with van der Waals surface area (Å²) in [6, 6.07) is 7.16. The highest BCUT2D eigenvalue weighted by molar-refractivity contribution is 5.21. The molecule has 0 N–H and O–H groups in total. The summed E-state index contributed by atoms with van der Waals surface area (Å²) < 4.78 is 13.0. The lowest BCUT2D eigenvalue weighted by Crippen LogP contribution is -2.14. The first kappa shape index (κ1) is 16.7. The van der Waals surface area contributed by atoms with E-state index >= 15 is 0 Å². The topological polar surface area (TPSA) is 0 Å². The first-order chi connectivity index (χ1) is 11.2. The number of halogens is 1. The Balaban J connectivity index is 1.44. The zero-order valence-corrected chi connectivity index (χ0v) is 14.5. The molecular weight excluding hydrogens is 283 g/mol. The molecule has 0 spiro atoms. The second kappa shape index (κ2) is 8.13. The van der Waals surface area contributed by atoms with Gasteiger partial charge >= 0.3 is 0 Å². The molecule has 0 nitrogen and oxygen atoms in total. The van der Waals surface area contributed by atoms with E-state index in [2.05, 4.69) is 19.1 Å². The van der Waals surface area contributed by atoms with Gasteiger partial charge in [0, 0.05) is 0 Å². The standard InChI is InChI=1S/C22H31F/c1-2-17-3-5-18(6-4-17)7-8-19-9-11-20(12-10-19)21-13-15-22(23)16-14-21/h7-8,13-20H,2-6,9-12H2,1H3/b8-7+. The van der Waals surface area contributed by atoms with Crippen molar-refractivity contribution in [1.29, 1.82) is 0 Å². The lowest BCUT2D eigenvalue weighted by atomic mass is 9.77. The van der Waals surface area contributed by atoms with Gasteiger partial charge in [-0.2, -0.15) is 0 Å². The lowest BCUT2D eigenvalue weighted by molar-refractivity contribution is 0.301. The van der Waals surface area contributed by atoms with Gasteiger partial charge in [0.2, 0.25) is 0 Å². The second-order valence-electron chi connectivity index (χ2n) is 7.74. The van der Waals surface area contributed by atoms with E-state index in [9.17, 15) is 4.39 Å². The highest BCUT2D eigenvalue weighted by Crippen LogP contribution is 2.37. The lowest BCUT2D eigenvalue weighted by Gasteiger charge is -2.28. The third-order valence-corrected chi connectivity index (χ3v) is 6.24. The summed E-state index contributed by atoms with van der Waals surface area (Å²) in [5.74, 6) is 3.12. The SMILES string of the molecule is CCC1CCC(/C=C/C2CCC(c3ccc(F)cc3)CC2)CC1. The van der Waals surface area contributed by atoms with Crippen molar-refractivity contribution in [2.75, 3.05) is 0 Å². The van der Waals surface area contributed by atoms with Gasteiger partial charge in [0.25, 0.3) is 0 Å². The molecule has 3 rings (SSSR count). The molecule has 2 aliphatic carbocycles. The smallest absolute Gasteiger partial charge is 0.123 e. The maximum absolute atomic E-state index is 13.0. The molecule has 0 atom stereocenters. The molecule has 0 amide bonds. The summed E-state index contributed by atoms with van der Waals surface area (Å²) in [4.78, 5) is 0. The highest BCUT2D eigenvalue weighted by atomic mass is 19.1. The van der Waals surface area contributed by atoms with Crippen molar-refractivity contribution in [2.24, 2.45) is 17.8 Å². The van der Waals surface area contributed by atoms with Crippen molar-refractivity contribution >= 4 is 0 Å².